The number of amides is 1. The zero-order valence-electron chi connectivity index (χ0n) is 13.4. The van der Waals surface area contributed by atoms with E-state index in [0.717, 1.165) is 19.6 Å². The minimum absolute atomic E-state index is 0.0860. The quantitative estimate of drug-likeness (QED) is 0.776. The van der Waals surface area contributed by atoms with Gasteiger partial charge in [-0.1, -0.05) is 25.6 Å². The smallest absolute Gasteiger partial charge is 0.338 e. The number of rotatable bonds is 7. The molecule has 1 aromatic carbocycles. The van der Waals surface area contributed by atoms with Crippen LogP contribution < -0.4 is 5.32 Å². The van der Waals surface area contributed by atoms with Crippen LogP contribution in [-0.2, 0) is 4.74 Å². The molecule has 0 atom stereocenters. The number of hydrogen-bond acceptors (Lipinski definition) is 6. The third-order valence-corrected chi connectivity index (χ3v) is 4.27. The fraction of sp³-hybridized carbons (Fsp3) is 0.438. The van der Waals surface area contributed by atoms with Crippen LogP contribution in [0, 0.1) is 0 Å². The summed E-state index contributed by atoms with van der Waals surface area (Å²) in [6, 6.07) is 6.85. The number of hydrogen-bond donors (Lipinski definition) is 1. The number of benzene rings is 1. The van der Waals surface area contributed by atoms with Gasteiger partial charge in [0.15, 0.2) is 0 Å². The van der Waals surface area contributed by atoms with Crippen LogP contribution in [0.5, 0.6) is 0 Å². The lowest BCUT2D eigenvalue weighted by molar-refractivity contribution is 0.0466. The van der Waals surface area contributed by atoms with Gasteiger partial charge in [0.2, 0.25) is 0 Å². The molecule has 1 heterocycles. The van der Waals surface area contributed by atoms with Crippen LogP contribution in [0.3, 0.4) is 0 Å². The van der Waals surface area contributed by atoms with Gasteiger partial charge in [-0.15, -0.1) is 0 Å². The second-order valence-electron chi connectivity index (χ2n) is 4.97. The first-order valence-electron chi connectivity index (χ1n) is 7.63. The molecule has 2 rings (SSSR count). The molecule has 0 saturated carbocycles. The van der Waals surface area contributed by atoms with Crippen LogP contribution in [0.2, 0.25) is 0 Å². The second kappa shape index (κ2) is 8.69. The predicted octanol–water partition coefficient (Wildman–Crippen LogP) is 2.67. The summed E-state index contributed by atoms with van der Waals surface area (Å²) in [6.45, 7) is 7.17. The lowest BCUT2D eigenvalue weighted by Crippen LogP contribution is -2.27. The van der Waals surface area contributed by atoms with E-state index in [0.29, 0.717) is 29.4 Å². The third-order valence-electron chi connectivity index (χ3n) is 3.49. The van der Waals surface area contributed by atoms with Crippen molar-refractivity contribution in [1.82, 2.24) is 10.2 Å². The summed E-state index contributed by atoms with van der Waals surface area (Å²) in [7, 11) is 0. The Bertz CT molecular complexity index is 583. The van der Waals surface area contributed by atoms with Crippen LogP contribution in [-0.4, -0.2) is 53.9 Å². The standard InChI is InChI=1S/C16H21N3O3S/c1-3-19(4-2)9-10-22-15(20)12-5-7-13(8-6-12)17-14-11-23-16(21)18-14/h5-8H,3-4,9-11H2,1-2H3,(H,17,18,21). The number of carbonyl (C=O) groups is 2. The summed E-state index contributed by atoms with van der Waals surface area (Å²) in [5.74, 6) is 0.851. The maximum absolute atomic E-state index is 12.0. The molecule has 0 aromatic heterocycles. The van der Waals surface area contributed by atoms with Crippen LogP contribution in [0.25, 0.3) is 0 Å². The SMILES string of the molecule is CCN(CC)CCOC(=O)c1ccc(N=C2CSC(=O)N2)cc1. The molecule has 0 spiro atoms. The Morgan fingerprint density at radius 2 is 2.00 bits per heavy atom. The highest BCUT2D eigenvalue weighted by Gasteiger charge is 2.16. The van der Waals surface area contributed by atoms with E-state index in [1.165, 1.54) is 11.8 Å². The van der Waals surface area contributed by atoms with Gasteiger partial charge in [0.25, 0.3) is 5.24 Å². The minimum atomic E-state index is -0.332. The van der Waals surface area contributed by atoms with Crippen molar-refractivity contribution in [1.29, 1.82) is 0 Å². The van der Waals surface area contributed by atoms with Gasteiger partial charge in [0.05, 0.1) is 17.0 Å². The first kappa shape index (κ1) is 17.5. The van der Waals surface area contributed by atoms with Crippen molar-refractivity contribution >= 4 is 34.5 Å². The van der Waals surface area contributed by atoms with E-state index < -0.39 is 0 Å². The average Bonchev–Trinajstić information content (AvgIpc) is 2.97. The van der Waals surface area contributed by atoms with Crippen molar-refractivity contribution in [2.45, 2.75) is 13.8 Å². The molecule has 1 saturated heterocycles. The highest BCUT2D eigenvalue weighted by atomic mass is 32.2. The number of nitrogens with zero attached hydrogens (tertiary/aromatic N) is 2. The summed E-state index contributed by atoms with van der Waals surface area (Å²) in [5.41, 5.74) is 1.20. The van der Waals surface area contributed by atoms with Gasteiger partial charge in [0.1, 0.15) is 12.4 Å². The number of aliphatic imine (C=N–C) groups is 1. The number of carbonyl (C=O) groups excluding carboxylic acids is 2. The molecule has 23 heavy (non-hydrogen) atoms. The maximum atomic E-state index is 12.0. The zero-order valence-corrected chi connectivity index (χ0v) is 14.2. The van der Waals surface area contributed by atoms with E-state index in [4.69, 9.17) is 4.74 Å². The normalized spacial score (nSPS) is 16.0. The summed E-state index contributed by atoms with van der Waals surface area (Å²) in [5, 5.41) is 2.58. The number of thioether (sulfide) groups is 1. The molecule has 1 amide bonds. The Kier molecular flexibility index (Phi) is 6.61. The van der Waals surface area contributed by atoms with Crippen molar-refractivity contribution < 1.29 is 14.3 Å². The fourth-order valence-corrected chi connectivity index (χ4v) is 2.70. The number of likely N-dealkylation sites (N-methyl/N-ethyl adjacent to an activating group) is 1. The zero-order chi connectivity index (χ0) is 16.7. The van der Waals surface area contributed by atoms with E-state index in [9.17, 15) is 9.59 Å². The van der Waals surface area contributed by atoms with Crippen LogP contribution in [0.4, 0.5) is 10.5 Å². The van der Waals surface area contributed by atoms with E-state index in [2.05, 4.69) is 29.1 Å². The highest BCUT2D eigenvalue weighted by Crippen LogP contribution is 2.17. The number of ether oxygens (including phenoxy) is 1. The van der Waals surface area contributed by atoms with Crippen molar-refractivity contribution in [2.75, 3.05) is 32.0 Å². The van der Waals surface area contributed by atoms with Gasteiger partial charge in [-0.25, -0.2) is 9.79 Å². The molecule has 1 aliphatic rings. The average molecular weight is 335 g/mol. The molecule has 1 aliphatic heterocycles. The molecule has 1 N–H and O–H groups in total. The Labute approximate surface area is 140 Å². The van der Waals surface area contributed by atoms with Crippen molar-refractivity contribution in [3.05, 3.63) is 29.8 Å². The molecular weight excluding hydrogens is 314 g/mol. The van der Waals surface area contributed by atoms with E-state index in [1.807, 2.05) is 0 Å². The largest absolute Gasteiger partial charge is 0.461 e. The van der Waals surface area contributed by atoms with Crippen molar-refractivity contribution in [3.63, 3.8) is 0 Å². The molecule has 1 fully saturated rings. The number of amidine groups is 1. The van der Waals surface area contributed by atoms with Crippen LogP contribution in [0.1, 0.15) is 24.2 Å². The van der Waals surface area contributed by atoms with Gasteiger partial charge in [0, 0.05) is 6.54 Å². The van der Waals surface area contributed by atoms with Gasteiger partial charge < -0.3 is 15.0 Å². The number of nitrogens with one attached hydrogen (secondary N) is 1. The Hall–Kier alpha value is -1.86. The van der Waals surface area contributed by atoms with Gasteiger partial charge in [-0.3, -0.25) is 4.79 Å². The van der Waals surface area contributed by atoms with E-state index in [1.54, 1.807) is 24.3 Å². The van der Waals surface area contributed by atoms with Gasteiger partial charge >= 0.3 is 5.97 Å². The van der Waals surface area contributed by atoms with E-state index >= 15 is 0 Å². The second-order valence-corrected chi connectivity index (χ2v) is 5.92. The van der Waals surface area contributed by atoms with Crippen molar-refractivity contribution in [3.8, 4) is 0 Å². The summed E-state index contributed by atoms with van der Waals surface area (Å²) >= 11 is 1.19. The van der Waals surface area contributed by atoms with Gasteiger partial charge in [-0.05, 0) is 37.4 Å². The molecule has 7 heteroatoms. The molecule has 0 radical (unpaired) electrons. The maximum Gasteiger partial charge on any atom is 0.338 e. The molecule has 124 valence electrons. The highest BCUT2D eigenvalue weighted by molar-refractivity contribution is 8.14. The lowest BCUT2D eigenvalue weighted by Gasteiger charge is -2.17. The summed E-state index contributed by atoms with van der Waals surface area (Å²) in [6.07, 6.45) is 0. The first-order chi connectivity index (χ1) is 11.1. The Morgan fingerprint density at radius 1 is 1.30 bits per heavy atom. The predicted molar refractivity (Wildman–Crippen MR) is 92.6 cm³/mol. The Morgan fingerprint density at radius 3 is 2.57 bits per heavy atom. The monoisotopic (exact) mass is 335 g/mol. The first-order valence-corrected chi connectivity index (χ1v) is 8.61. The molecular formula is C16H21N3O3S. The minimum Gasteiger partial charge on any atom is -0.461 e. The molecule has 1 aromatic rings. The number of esters is 1. The fourth-order valence-electron chi connectivity index (χ4n) is 2.10. The molecule has 0 unspecified atom stereocenters. The van der Waals surface area contributed by atoms with Gasteiger partial charge in [-0.2, -0.15) is 0 Å². The van der Waals surface area contributed by atoms with Crippen LogP contribution in [0.15, 0.2) is 29.3 Å². The third kappa shape index (κ3) is 5.37. The van der Waals surface area contributed by atoms with Crippen molar-refractivity contribution in [2.24, 2.45) is 4.99 Å². The lowest BCUT2D eigenvalue weighted by atomic mass is 10.2. The Balaban J connectivity index is 1.86. The topological polar surface area (TPSA) is 71.0 Å². The van der Waals surface area contributed by atoms with Crippen LogP contribution >= 0.6 is 11.8 Å². The summed E-state index contributed by atoms with van der Waals surface area (Å²) in [4.78, 5) is 29.6. The molecule has 0 bridgehead atoms. The summed E-state index contributed by atoms with van der Waals surface area (Å²) < 4.78 is 5.27. The molecule has 6 nitrogen and oxygen atoms in total. The van der Waals surface area contributed by atoms with E-state index in [-0.39, 0.29) is 11.2 Å². The molecule has 0 aliphatic carbocycles.